The molecule has 0 aliphatic carbocycles. The summed E-state index contributed by atoms with van der Waals surface area (Å²) in [5.74, 6) is -0.331. The van der Waals surface area contributed by atoms with Crippen molar-refractivity contribution < 1.29 is 22.7 Å². The molecule has 0 fully saturated rings. The predicted molar refractivity (Wildman–Crippen MR) is 103 cm³/mol. The first-order valence-electron chi connectivity index (χ1n) is 9.91. The summed E-state index contributed by atoms with van der Waals surface area (Å²) in [6.45, 7) is 0.900. The van der Waals surface area contributed by atoms with Crippen LogP contribution >= 0.6 is 0 Å². The zero-order valence-corrected chi connectivity index (χ0v) is 16.2. The van der Waals surface area contributed by atoms with Gasteiger partial charge in [-0.15, -0.1) is 0 Å². The second-order valence-electron chi connectivity index (χ2n) is 6.90. The van der Waals surface area contributed by atoms with E-state index >= 15 is 0 Å². The number of ether oxygens (including phenoxy) is 1. The van der Waals surface area contributed by atoms with E-state index in [0.717, 1.165) is 37.9 Å². The highest BCUT2D eigenvalue weighted by Gasteiger charge is 2.25. The summed E-state index contributed by atoms with van der Waals surface area (Å²) >= 11 is 0. The normalized spacial score (nSPS) is 11.4. The molecule has 1 N–H and O–H groups in total. The van der Waals surface area contributed by atoms with Crippen LogP contribution in [-0.2, 0) is 4.74 Å². The highest BCUT2D eigenvalue weighted by atomic mass is 19.4. The van der Waals surface area contributed by atoms with E-state index in [9.17, 15) is 18.0 Å². The molecule has 0 atom stereocenters. The monoisotopic (exact) mass is 387 g/mol. The first kappa shape index (κ1) is 23.3. The number of unbranched alkanes of at least 4 members (excludes halogenated alkanes) is 9. The van der Waals surface area contributed by atoms with E-state index in [1.165, 1.54) is 32.8 Å². The van der Waals surface area contributed by atoms with Crippen molar-refractivity contribution in [2.75, 3.05) is 19.0 Å². The molecule has 0 heterocycles. The molecule has 0 saturated carbocycles. The number of carbonyl (C=O) groups excluding carboxylic acids is 1. The zero-order chi connectivity index (χ0) is 20.0. The van der Waals surface area contributed by atoms with Crippen LogP contribution in [0.5, 0.6) is 0 Å². The number of anilines is 1. The van der Waals surface area contributed by atoms with E-state index in [1.54, 1.807) is 12.1 Å². The SMILES string of the molecule is COC(=O)c1ccc(NCCCCCCCCCCCCC(F)(F)F)cc1. The number of esters is 1. The molecule has 3 nitrogen and oxygen atoms in total. The third kappa shape index (κ3) is 12.3. The van der Waals surface area contributed by atoms with Gasteiger partial charge in [0.05, 0.1) is 12.7 Å². The quantitative estimate of drug-likeness (QED) is 0.284. The van der Waals surface area contributed by atoms with Crippen LogP contribution in [-0.4, -0.2) is 25.8 Å². The number of carbonyl (C=O) groups is 1. The molecule has 0 aliphatic heterocycles. The minimum absolute atomic E-state index is 0.266. The van der Waals surface area contributed by atoms with E-state index in [-0.39, 0.29) is 12.4 Å². The molecule has 0 aromatic heterocycles. The molecule has 1 rings (SSSR count). The van der Waals surface area contributed by atoms with Gasteiger partial charge in [-0.05, 0) is 37.1 Å². The number of methoxy groups -OCH3 is 1. The van der Waals surface area contributed by atoms with Gasteiger partial charge in [-0.3, -0.25) is 0 Å². The summed E-state index contributed by atoms with van der Waals surface area (Å²) in [4.78, 5) is 11.4. The molecule has 0 radical (unpaired) electrons. The Morgan fingerprint density at radius 2 is 1.33 bits per heavy atom. The Kier molecular flexibility index (Phi) is 11.6. The minimum atomic E-state index is -4.00. The lowest BCUT2D eigenvalue weighted by Gasteiger charge is -2.07. The van der Waals surface area contributed by atoms with Crippen LogP contribution in [0.1, 0.15) is 81.0 Å². The molecular formula is C21H32F3NO2. The van der Waals surface area contributed by atoms with E-state index in [2.05, 4.69) is 10.1 Å². The van der Waals surface area contributed by atoms with Crippen LogP contribution in [0.25, 0.3) is 0 Å². The average molecular weight is 387 g/mol. The fourth-order valence-corrected chi connectivity index (χ4v) is 2.94. The Hall–Kier alpha value is -1.72. The summed E-state index contributed by atoms with van der Waals surface area (Å²) in [6.07, 6.45) is 5.20. The number of rotatable bonds is 14. The number of hydrogen-bond acceptors (Lipinski definition) is 3. The van der Waals surface area contributed by atoms with Gasteiger partial charge in [-0.2, -0.15) is 13.2 Å². The highest BCUT2D eigenvalue weighted by molar-refractivity contribution is 5.89. The van der Waals surface area contributed by atoms with Crippen LogP contribution in [0.3, 0.4) is 0 Å². The number of halogens is 3. The maximum absolute atomic E-state index is 12.0. The van der Waals surface area contributed by atoms with Crippen molar-refractivity contribution in [2.45, 2.75) is 76.8 Å². The molecule has 0 saturated heterocycles. The molecular weight excluding hydrogens is 355 g/mol. The van der Waals surface area contributed by atoms with Crippen molar-refractivity contribution in [1.82, 2.24) is 0 Å². The topological polar surface area (TPSA) is 38.3 Å². The van der Waals surface area contributed by atoms with Crippen LogP contribution in [0.4, 0.5) is 18.9 Å². The maximum Gasteiger partial charge on any atom is 0.389 e. The zero-order valence-electron chi connectivity index (χ0n) is 16.2. The second-order valence-corrected chi connectivity index (χ2v) is 6.90. The summed E-state index contributed by atoms with van der Waals surface area (Å²) < 4.78 is 40.6. The van der Waals surface area contributed by atoms with Crippen LogP contribution < -0.4 is 5.32 Å². The number of benzene rings is 1. The maximum atomic E-state index is 12.0. The van der Waals surface area contributed by atoms with Crippen molar-refractivity contribution in [2.24, 2.45) is 0 Å². The first-order valence-corrected chi connectivity index (χ1v) is 9.91. The van der Waals surface area contributed by atoms with Crippen molar-refractivity contribution in [1.29, 1.82) is 0 Å². The van der Waals surface area contributed by atoms with Gasteiger partial charge in [0.25, 0.3) is 0 Å². The van der Waals surface area contributed by atoms with E-state index in [0.29, 0.717) is 12.0 Å². The molecule has 27 heavy (non-hydrogen) atoms. The third-order valence-electron chi connectivity index (χ3n) is 4.52. The smallest absolute Gasteiger partial charge is 0.389 e. The van der Waals surface area contributed by atoms with Gasteiger partial charge >= 0.3 is 12.1 Å². The Morgan fingerprint density at radius 1 is 0.852 bits per heavy atom. The van der Waals surface area contributed by atoms with Crippen LogP contribution in [0.15, 0.2) is 24.3 Å². The standard InChI is InChI=1S/C21H32F3NO2/c1-27-20(26)18-12-14-19(15-13-18)25-17-11-9-7-5-3-2-4-6-8-10-16-21(22,23)24/h12-15,25H,2-11,16-17H2,1H3. The van der Waals surface area contributed by atoms with Crippen molar-refractivity contribution >= 4 is 11.7 Å². The van der Waals surface area contributed by atoms with E-state index in [4.69, 9.17) is 0 Å². The predicted octanol–water partition coefficient (Wildman–Crippen LogP) is 6.74. The number of hydrogen-bond donors (Lipinski definition) is 1. The molecule has 0 bridgehead atoms. The number of nitrogens with one attached hydrogen (secondary N) is 1. The van der Waals surface area contributed by atoms with Gasteiger partial charge in [0, 0.05) is 18.7 Å². The molecule has 1 aromatic rings. The fraction of sp³-hybridized carbons (Fsp3) is 0.667. The van der Waals surface area contributed by atoms with Crippen molar-refractivity contribution in [3.8, 4) is 0 Å². The highest BCUT2D eigenvalue weighted by Crippen LogP contribution is 2.23. The lowest BCUT2D eigenvalue weighted by atomic mass is 10.1. The Labute approximate surface area is 160 Å². The van der Waals surface area contributed by atoms with Gasteiger partial charge in [-0.1, -0.05) is 51.4 Å². The van der Waals surface area contributed by atoms with Gasteiger partial charge < -0.3 is 10.1 Å². The first-order chi connectivity index (χ1) is 12.9. The third-order valence-corrected chi connectivity index (χ3v) is 4.52. The molecule has 0 amide bonds. The molecule has 6 heteroatoms. The molecule has 154 valence electrons. The fourth-order valence-electron chi connectivity index (χ4n) is 2.94. The summed E-state index contributed by atoms with van der Waals surface area (Å²) in [5, 5.41) is 3.34. The van der Waals surface area contributed by atoms with Crippen LogP contribution in [0, 0.1) is 0 Å². The van der Waals surface area contributed by atoms with E-state index < -0.39 is 12.6 Å². The number of alkyl halides is 3. The largest absolute Gasteiger partial charge is 0.465 e. The lowest BCUT2D eigenvalue weighted by Crippen LogP contribution is -2.06. The van der Waals surface area contributed by atoms with Gasteiger partial charge in [0.2, 0.25) is 0 Å². The molecule has 0 aliphatic rings. The molecule has 0 spiro atoms. The van der Waals surface area contributed by atoms with Gasteiger partial charge in [-0.25, -0.2) is 4.79 Å². The lowest BCUT2D eigenvalue weighted by molar-refractivity contribution is -0.135. The second kappa shape index (κ2) is 13.4. The minimum Gasteiger partial charge on any atom is -0.465 e. The van der Waals surface area contributed by atoms with Gasteiger partial charge in [0.1, 0.15) is 0 Å². The Morgan fingerprint density at radius 3 is 1.81 bits per heavy atom. The average Bonchev–Trinajstić information content (AvgIpc) is 2.64. The van der Waals surface area contributed by atoms with Crippen molar-refractivity contribution in [3.05, 3.63) is 29.8 Å². The summed E-state index contributed by atoms with van der Waals surface area (Å²) in [5.41, 5.74) is 1.54. The Bertz CT molecular complexity index is 515. The van der Waals surface area contributed by atoms with E-state index in [1.807, 2.05) is 12.1 Å². The van der Waals surface area contributed by atoms with Crippen LogP contribution in [0.2, 0.25) is 0 Å². The summed E-state index contributed by atoms with van der Waals surface area (Å²) in [6, 6.07) is 7.25. The Balaban J connectivity index is 1.90. The molecule has 1 aromatic carbocycles. The summed E-state index contributed by atoms with van der Waals surface area (Å²) in [7, 11) is 1.37. The van der Waals surface area contributed by atoms with Crippen molar-refractivity contribution in [3.63, 3.8) is 0 Å². The van der Waals surface area contributed by atoms with Gasteiger partial charge in [0.15, 0.2) is 0 Å². The molecule has 0 unspecified atom stereocenters.